The molecule has 0 spiro atoms. The van der Waals surface area contributed by atoms with Crippen LogP contribution in [0.4, 0.5) is 5.13 Å². The van der Waals surface area contributed by atoms with Crippen LogP contribution in [0.1, 0.15) is 16.1 Å². The average Bonchev–Trinajstić information content (AvgIpc) is 2.96. The van der Waals surface area contributed by atoms with Gasteiger partial charge in [0, 0.05) is 19.3 Å². The molecule has 7 nitrogen and oxygen atoms in total. The van der Waals surface area contributed by atoms with Gasteiger partial charge in [-0.1, -0.05) is 16.6 Å². The van der Waals surface area contributed by atoms with Gasteiger partial charge in [-0.05, 0) is 6.42 Å². The molecule has 0 saturated carbocycles. The van der Waals surface area contributed by atoms with Crippen molar-refractivity contribution in [1.29, 1.82) is 0 Å². The number of carboxylic acids is 1. The lowest BCUT2D eigenvalue weighted by molar-refractivity contribution is 0.0702. The minimum absolute atomic E-state index is 0.240. The summed E-state index contributed by atoms with van der Waals surface area (Å²) in [7, 11) is 0. The Labute approximate surface area is 101 Å². The van der Waals surface area contributed by atoms with Gasteiger partial charge in [-0.15, -0.1) is 5.10 Å². The third kappa shape index (κ3) is 3.25. The van der Waals surface area contributed by atoms with Gasteiger partial charge in [0.15, 0.2) is 5.13 Å². The van der Waals surface area contributed by atoms with Crippen molar-refractivity contribution in [3.8, 4) is 0 Å². The SMILES string of the molecule is O=C(O)c1cnc(NCCCn2ccnn2)s1. The van der Waals surface area contributed by atoms with E-state index in [0.717, 1.165) is 24.3 Å². The fourth-order valence-corrected chi connectivity index (χ4v) is 1.92. The molecule has 2 aromatic rings. The maximum atomic E-state index is 10.6. The van der Waals surface area contributed by atoms with Crippen molar-refractivity contribution < 1.29 is 9.90 Å². The molecule has 0 bridgehead atoms. The molecule has 0 aromatic carbocycles. The Morgan fingerprint density at radius 2 is 2.47 bits per heavy atom. The van der Waals surface area contributed by atoms with Crippen LogP contribution >= 0.6 is 11.3 Å². The van der Waals surface area contributed by atoms with Crippen LogP contribution in [0.3, 0.4) is 0 Å². The fourth-order valence-electron chi connectivity index (χ4n) is 1.24. The van der Waals surface area contributed by atoms with Gasteiger partial charge in [0.2, 0.25) is 0 Å². The molecular formula is C9H11N5O2S. The van der Waals surface area contributed by atoms with Crippen LogP contribution < -0.4 is 5.32 Å². The van der Waals surface area contributed by atoms with Crippen LogP contribution in [0.5, 0.6) is 0 Å². The van der Waals surface area contributed by atoms with E-state index >= 15 is 0 Å². The monoisotopic (exact) mass is 253 g/mol. The summed E-state index contributed by atoms with van der Waals surface area (Å²) < 4.78 is 1.74. The summed E-state index contributed by atoms with van der Waals surface area (Å²) in [5.74, 6) is -0.946. The fraction of sp³-hybridized carbons (Fsp3) is 0.333. The lowest BCUT2D eigenvalue weighted by Crippen LogP contribution is -2.06. The first-order valence-electron chi connectivity index (χ1n) is 5.03. The summed E-state index contributed by atoms with van der Waals surface area (Å²) in [4.78, 5) is 14.8. The van der Waals surface area contributed by atoms with E-state index in [0.29, 0.717) is 11.7 Å². The summed E-state index contributed by atoms with van der Waals surface area (Å²) in [5, 5.41) is 19.9. The first-order chi connectivity index (χ1) is 8.25. The predicted molar refractivity (Wildman–Crippen MR) is 62.2 cm³/mol. The molecular weight excluding hydrogens is 242 g/mol. The highest BCUT2D eigenvalue weighted by Crippen LogP contribution is 2.17. The minimum Gasteiger partial charge on any atom is -0.477 e. The average molecular weight is 253 g/mol. The molecule has 2 aromatic heterocycles. The van der Waals surface area contributed by atoms with Crippen molar-refractivity contribution in [2.45, 2.75) is 13.0 Å². The summed E-state index contributed by atoms with van der Waals surface area (Å²) in [6.07, 6.45) is 5.65. The maximum Gasteiger partial charge on any atom is 0.347 e. The van der Waals surface area contributed by atoms with Crippen LogP contribution in [0, 0.1) is 0 Å². The molecule has 0 atom stereocenters. The molecule has 0 amide bonds. The van der Waals surface area contributed by atoms with Crippen LogP contribution in [0.25, 0.3) is 0 Å². The van der Waals surface area contributed by atoms with Crippen molar-refractivity contribution in [3.05, 3.63) is 23.5 Å². The van der Waals surface area contributed by atoms with E-state index in [1.807, 2.05) is 0 Å². The van der Waals surface area contributed by atoms with E-state index in [9.17, 15) is 4.79 Å². The van der Waals surface area contributed by atoms with Crippen molar-refractivity contribution >= 4 is 22.4 Å². The van der Waals surface area contributed by atoms with Gasteiger partial charge in [-0.3, -0.25) is 4.68 Å². The molecule has 0 aliphatic heterocycles. The van der Waals surface area contributed by atoms with Gasteiger partial charge in [0.1, 0.15) is 4.88 Å². The molecule has 0 saturated heterocycles. The summed E-state index contributed by atoms with van der Waals surface area (Å²) in [6, 6.07) is 0. The highest BCUT2D eigenvalue weighted by atomic mass is 32.1. The van der Waals surface area contributed by atoms with Gasteiger partial charge < -0.3 is 10.4 Å². The molecule has 0 radical (unpaired) electrons. The third-order valence-electron chi connectivity index (χ3n) is 2.03. The summed E-state index contributed by atoms with van der Waals surface area (Å²) in [5.41, 5.74) is 0. The molecule has 2 heterocycles. The minimum atomic E-state index is -0.946. The van der Waals surface area contributed by atoms with Gasteiger partial charge in [-0.2, -0.15) is 0 Å². The quantitative estimate of drug-likeness (QED) is 0.744. The zero-order chi connectivity index (χ0) is 12.1. The number of carbonyl (C=O) groups is 1. The Hall–Kier alpha value is -1.96. The highest BCUT2D eigenvalue weighted by Gasteiger charge is 2.07. The van der Waals surface area contributed by atoms with Crippen LogP contribution in [0.15, 0.2) is 18.6 Å². The zero-order valence-electron chi connectivity index (χ0n) is 8.91. The van der Waals surface area contributed by atoms with Gasteiger partial charge in [0.05, 0.1) is 12.4 Å². The molecule has 0 aliphatic rings. The normalized spacial score (nSPS) is 10.4. The Kier molecular flexibility index (Phi) is 3.66. The first kappa shape index (κ1) is 11.5. The zero-order valence-corrected chi connectivity index (χ0v) is 9.72. The van der Waals surface area contributed by atoms with Crippen LogP contribution in [0.2, 0.25) is 0 Å². The topological polar surface area (TPSA) is 92.9 Å². The van der Waals surface area contributed by atoms with E-state index < -0.39 is 5.97 Å². The molecule has 90 valence electrons. The van der Waals surface area contributed by atoms with Crippen LogP contribution in [-0.2, 0) is 6.54 Å². The van der Waals surface area contributed by atoms with E-state index in [2.05, 4.69) is 20.6 Å². The number of aromatic carboxylic acids is 1. The van der Waals surface area contributed by atoms with Crippen molar-refractivity contribution in [2.24, 2.45) is 0 Å². The second-order valence-corrected chi connectivity index (χ2v) is 4.31. The van der Waals surface area contributed by atoms with Gasteiger partial charge in [-0.25, -0.2) is 9.78 Å². The molecule has 8 heteroatoms. The maximum absolute atomic E-state index is 10.6. The Balaban J connectivity index is 1.72. The van der Waals surface area contributed by atoms with Gasteiger partial charge in [0.25, 0.3) is 0 Å². The van der Waals surface area contributed by atoms with Crippen molar-refractivity contribution in [3.63, 3.8) is 0 Å². The molecule has 2 N–H and O–H groups in total. The Morgan fingerprint density at radius 3 is 3.12 bits per heavy atom. The number of nitrogens with zero attached hydrogens (tertiary/aromatic N) is 4. The predicted octanol–water partition coefficient (Wildman–Crippen LogP) is 0.935. The van der Waals surface area contributed by atoms with Crippen molar-refractivity contribution in [2.75, 3.05) is 11.9 Å². The number of carboxylic acid groups (broad SMARTS) is 1. The summed E-state index contributed by atoms with van der Waals surface area (Å²) >= 11 is 1.13. The lowest BCUT2D eigenvalue weighted by atomic mass is 10.4. The molecule has 2 rings (SSSR count). The smallest absolute Gasteiger partial charge is 0.347 e. The van der Waals surface area contributed by atoms with E-state index in [4.69, 9.17) is 5.11 Å². The molecule has 0 fully saturated rings. The standard InChI is InChI=1S/C9H11N5O2S/c15-8(16)7-6-11-9(17-7)10-2-1-4-14-5-3-12-13-14/h3,5-6H,1-2,4H2,(H,10,11)(H,15,16). The first-order valence-corrected chi connectivity index (χ1v) is 5.84. The number of aryl methyl sites for hydroxylation is 1. The van der Waals surface area contributed by atoms with E-state index in [1.165, 1.54) is 6.20 Å². The second kappa shape index (κ2) is 5.39. The number of rotatable bonds is 6. The second-order valence-electron chi connectivity index (χ2n) is 3.28. The number of anilines is 1. The summed E-state index contributed by atoms with van der Waals surface area (Å²) in [6.45, 7) is 1.48. The number of nitrogens with one attached hydrogen (secondary N) is 1. The third-order valence-corrected chi connectivity index (χ3v) is 2.97. The number of thiazole rings is 1. The molecule has 0 unspecified atom stereocenters. The Morgan fingerprint density at radius 1 is 1.59 bits per heavy atom. The number of hydrogen-bond acceptors (Lipinski definition) is 6. The highest BCUT2D eigenvalue weighted by molar-refractivity contribution is 7.17. The number of aromatic nitrogens is 4. The number of hydrogen-bond donors (Lipinski definition) is 2. The van der Waals surface area contributed by atoms with Crippen molar-refractivity contribution in [1.82, 2.24) is 20.0 Å². The van der Waals surface area contributed by atoms with Gasteiger partial charge >= 0.3 is 5.97 Å². The molecule has 17 heavy (non-hydrogen) atoms. The van der Waals surface area contributed by atoms with E-state index in [1.54, 1.807) is 17.1 Å². The largest absolute Gasteiger partial charge is 0.477 e. The molecule has 0 aliphatic carbocycles. The Bertz CT molecular complexity index is 481. The van der Waals surface area contributed by atoms with Crippen LogP contribution in [-0.4, -0.2) is 37.6 Å². The van der Waals surface area contributed by atoms with E-state index in [-0.39, 0.29) is 4.88 Å². The lowest BCUT2D eigenvalue weighted by Gasteiger charge is -2.01.